The Morgan fingerprint density at radius 1 is 0.500 bits per heavy atom. The van der Waals surface area contributed by atoms with E-state index in [2.05, 4.69) is 57.2 Å². The highest BCUT2D eigenvalue weighted by Crippen LogP contribution is 2.62. The van der Waals surface area contributed by atoms with Crippen LogP contribution in [-0.4, -0.2) is 8.68 Å². The Morgan fingerprint density at radius 3 is 1.50 bits per heavy atom. The number of benzene rings is 4. The van der Waals surface area contributed by atoms with Crippen molar-refractivity contribution in [2.75, 3.05) is 0 Å². The van der Waals surface area contributed by atoms with E-state index in [9.17, 15) is 0 Å². The number of hydrogen-bond acceptors (Lipinski definition) is 1. The van der Waals surface area contributed by atoms with Gasteiger partial charge in [0.25, 0.3) is 0 Å². The third-order valence-electron chi connectivity index (χ3n) is 6.05. The number of fused-ring (bicyclic) bond motifs is 6. The molecule has 0 fully saturated rings. The maximum Gasteiger partial charge on any atom is 0.301 e. The van der Waals surface area contributed by atoms with Gasteiger partial charge in [-0.15, -0.1) is 0 Å². The summed E-state index contributed by atoms with van der Waals surface area (Å²) in [6.45, 7) is 0. The molecule has 3 nitrogen and oxygen atoms in total. The number of hydrogen-bond donors (Lipinski definition) is 0. The van der Waals surface area contributed by atoms with E-state index in [0.717, 1.165) is 38.1 Å². The molecule has 4 heteroatoms. The Morgan fingerprint density at radius 2 is 0.964 bits per heavy atom. The molecule has 0 radical (unpaired) electrons. The average Bonchev–Trinajstić information content (AvgIpc) is 3.36. The van der Waals surface area contributed by atoms with E-state index in [1.165, 1.54) is 10.8 Å². The molecule has 4 aromatic carbocycles. The fourth-order valence-electron chi connectivity index (χ4n) is 4.96. The Kier molecular flexibility index (Phi) is 2.50. The van der Waals surface area contributed by atoms with Crippen molar-refractivity contribution < 1.29 is 4.57 Å². The van der Waals surface area contributed by atoms with Gasteiger partial charge in [-0.2, -0.15) is 0 Å². The Balaban J connectivity index is 1.86. The van der Waals surface area contributed by atoms with Gasteiger partial charge in [0.2, 0.25) is 0 Å². The van der Waals surface area contributed by atoms with Crippen LogP contribution >= 0.6 is 7.44 Å². The van der Waals surface area contributed by atoms with Gasteiger partial charge in [0.05, 0.1) is 27.4 Å². The first-order valence-electron chi connectivity index (χ1n) is 9.43. The summed E-state index contributed by atoms with van der Waals surface area (Å²) < 4.78 is 19.3. The minimum atomic E-state index is -3.12. The average molecular weight is 378 g/mol. The van der Waals surface area contributed by atoms with E-state index in [1.54, 1.807) is 0 Å². The van der Waals surface area contributed by atoms with Gasteiger partial charge in [-0.25, -0.2) is 0 Å². The molecule has 0 aliphatic carbocycles. The fourth-order valence-corrected chi connectivity index (χ4v) is 8.04. The summed E-state index contributed by atoms with van der Waals surface area (Å²) >= 11 is 0. The van der Waals surface area contributed by atoms with Gasteiger partial charge in [0.1, 0.15) is 0 Å². The van der Waals surface area contributed by atoms with Crippen LogP contribution in [0.15, 0.2) is 91.0 Å². The predicted molar refractivity (Wildman–Crippen MR) is 117 cm³/mol. The summed E-state index contributed by atoms with van der Waals surface area (Å²) in [6.07, 6.45) is 0. The summed E-state index contributed by atoms with van der Waals surface area (Å²) in [4.78, 5) is 0. The summed E-state index contributed by atoms with van der Waals surface area (Å²) in [5, 5.41) is 5.51. The monoisotopic (exact) mass is 378 g/mol. The van der Waals surface area contributed by atoms with Crippen molar-refractivity contribution in [1.82, 2.24) is 8.68 Å². The van der Waals surface area contributed by atoms with Gasteiger partial charge in [0, 0.05) is 21.5 Å². The second-order valence-corrected chi connectivity index (χ2v) is 9.80. The Bertz CT molecular complexity index is 1540. The predicted octanol–water partition coefficient (Wildman–Crippen LogP) is 6.13. The molecule has 0 saturated heterocycles. The molecule has 0 spiro atoms. The lowest BCUT2D eigenvalue weighted by molar-refractivity contribution is 0.574. The lowest BCUT2D eigenvalue weighted by Crippen LogP contribution is -2.14. The van der Waals surface area contributed by atoms with Crippen LogP contribution in [-0.2, 0) is 4.57 Å². The van der Waals surface area contributed by atoms with Crippen molar-refractivity contribution >= 4 is 56.4 Å². The molecule has 3 heterocycles. The lowest BCUT2D eigenvalue weighted by Gasteiger charge is -2.20. The summed E-state index contributed by atoms with van der Waals surface area (Å²) in [5.41, 5.74) is 4.24. The van der Waals surface area contributed by atoms with Gasteiger partial charge in [-0.1, -0.05) is 66.7 Å². The van der Waals surface area contributed by atoms with Crippen LogP contribution in [0.2, 0.25) is 0 Å². The topological polar surface area (TPSA) is 26.9 Å². The first-order chi connectivity index (χ1) is 13.8. The maximum atomic E-state index is 15.0. The normalized spacial score (nSPS) is 14.9. The molecule has 0 bridgehead atoms. The molecule has 28 heavy (non-hydrogen) atoms. The highest BCUT2D eigenvalue weighted by Gasteiger charge is 2.41. The molecule has 7 rings (SSSR count). The van der Waals surface area contributed by atoms with E-state index in [-0.39, 0.29) is 0 Å². The summed E-state index contributed by atoms with van der Waals surface area (Å²) in [6, 6.07) is 30.9. The molecule has 0 saturated carbocycles. The molecular formula is C24H15N2OP. The molecule has 0 N–H and O–H groups in total. The Labute approximate surface area is 160 Å². The molecule has 0 unspecified atom stereocenters. The second kappa shape index (κ2) is 4.76. The van der Waals surface area contributed by atoms with E-state index in [0.29, 0.717) is 0 Å². The molecule has 0 atom stereocenters. The number of nitrogens with zero attached hydrogens (tertiary/aromatic N) is 2. The van der Waals surface area contributed by atoms with Gasteiger partial charge >= 0.3 is 7.44 Å². The molecule has 2 aromatic heterocycles. The van der Waals surface area contributed by atoms with E-state index in [4.69, 9.17) is 0 Å². The first-order valence-corrected chi connectivity index (χ1v) is 11.0. The van der Waals surface area contributed by atoms with Crippen LogP contribution in [0.3, 0.4) is 0 Å². The molecule has 0 amide bonds. The summed E-state index contributed by atoms with van der Waals surface area (Å²) in [5.74, 6) is 0. The molecule has 132 valence electrons. The van der Waals surface area contributed by atoms with E-state index in [1.807, 2.05) is 42.5 Å². The van der Waals surface area contributed by atoms with Crippen LogP contribution in [0.5, 0.6) is 0 Å². The third kappa shape index (κ3) is 1.46. The molecule has 1 aliphatic rings. The zero-order chi connectivity index (χ0) is 18.5. The number of para-hydroxylation sites is 2. The molecular weight excluding hydrogens is 363 g/mol. The van der Waals surface area contributed by atoms with Crippen LogP contribution in [0.25, 0.3) is 43.6 Å². The molecule has 1 aliphatic heterocycles. The number of aromatic nitrogens is 2. The van der Waals surface area contributed by atoms with Crippen LogP contribution in [0, 0.1) is 0 Å². The van der Waals surface area contributed by atoms with Gasteiger partial charge in [-0.3, -0.25) is 13.2 Å². The second-order valence-electron chi connectivity index (χ2n) is 7.40. The SMILES string of the molecule is O=P1(c2ccccc2)n2c3ccccc3c3ccc4c5ccccc5n1c4c32. The zero-order valence-corrected chi connectivity index (χ0v) is 15.8. The highest BCUT2D eigenvalue weighted by atomic mass is 31.2. The van der Waals surface area contributed by atoms with Crippen LogP contribution < -0.4 is 5.30 Å². The highest BCUT2D eigenvalue weighted by molar-refractivity contribution is 7.70. The Hall–Kier alpha value is -3.29. The quantitative estimate of drug-likeness (QED) is 0.316. The van der Waals surface area contributed by atoms with E-state index < -0.39 is 7.44 Å². The van der Waals surface area contributed by atoms with Crippen molar-refractivity contribution in [3.8, 4) is 0 Å². The number of rotatable bonds is 1. The fraction of sp³-hybridized carbons (Fsp3) is 0. The third-order valence-corrected chi connectivity index (χ3v) is 8.94. The minimum Gasteiger partial charge on any atom is -0.269 e. The standard InChI is InChI=1S/C24H15N2OP/c27-28(16-8-2-1-3-9-16)25-21-12-6-4-10-17(21)19-14-15-20-18-11-5-7-13-22(18)26(28)24(20)23(19)25/h1-15H. The van der Waals surface area contributed by atoms with Gasteiger partial charge in [0.15, 0.2) is 0 Å². The van der Waals surface area contributed by atoms with Gasteiger partial charge < -0.3 is 0 Å². The minimum absolute atomic E-state index is 0.858. The van der Waals surface area contributed by atoms with Crippen molar-refractivity contribution in [2.24, 2.45) is 0 Å². The van der Waals surface area contributed by atoms with Crippen molar-refractivity contribution in [3.05, 3.63) is 91.0 Å². The zero-order valence-electron chi connectivity index (χ0n) is 14.9. The smallest absolute Gasteiger partial charge is 0.269 e. The van der Waals surface area contributed by atoms with Crippen molar-refractivity contribution in [2.45, 2.75) is 0 Å². The van der Waals surface area contributed by atoms with Crippen molar-refractivity contribution in [1.29, 1.82) is 0 Å². The van der Waals surface area contributed by atoms with Crippen LogP contribution in [0.4, 0.5) is 0 Å². The molecule has 6 aromatic rings. The van der Waals surface area contributed by atoms with Gasteiger partial charge in [-0.05, 0) is 24.3 Å². The summed E-state index contributed by atoms with van der Waals surface area (Å²) in [7, 11) is -3.12. The lowest BCUT2D eigenvalue weighted by atomic mass is 10.1. The largest absolute Gasteiger partial charge is 0.301 e. The van der Waals surface area contributed by atoms with E-state index >= 15 is 4.57 Å². The first kappa shape index (κ1) is 14.7. The van der Waals surface area contributed by atoms with Crippen molar-refractivity contribution in [3.63, 3.8) is 0 Å². The van der Waals surface area contributed by atoms with Crippen LogP contribution in [0.1, 0.15) is 0 Å². The maximum absolute atomic E-state index is 15.0.